The summed E-state index contributed by atoms with van der Waals surface area (Å²) in [7, 11) is 0. The molecule has 0 aliphatic carbocycles. The first-order chi connectivity index (χ1) is 5.33. The van der Waals surface area contributed by atoms with Crippen LogP contribution in [0.3, 0.4) is 0 Å². The van der Waals surface area contributed by atoms with Gasteiger partial charge >= 0.3 is 0 Å². The highest BCUT2D eigenvalue weighted by Gasteiger charge is 2.25. The van der Waals surface area contributed by atoms with E-state index in [1.807, 2.05) is 0 Å². The summed E-state index contributed by atoms with van der Waals surface area (Å²) in [6.45, 7) is 4.41. The standard InChI is InChI=1S/C8H14Br4/c1-7(11,5-9)3-4-8(2,12)6-10/h3-6H2,1-2H3/t7-,8+. The lowest BCUT2D eigenvalue weighted by Crippen LogP contribution is -2.25. The van der Waals surface area contributed by atoms with Gasteiger partial charge in [-0.2, -0.15) is 0 Å². The molecule has 0 amide bonds. The molecule has 0 unspecified atom stereocenters. The SMILES string of the molecule is C[C@](Br)(CBr)CC[C@](C)(Br)CBr. The minimum Gasteiger partial charge on any atom is -0.0913 e. The van der Waals surface area contributed by atoms with Crippen molar-refractivity contribution in [1.29, 1.82) is 0 Å². The van der Waals surface area contributed by atoms with Gasteiger partial charge in [0, 0.05) is 19.3 Å². The van der Waals surface area contributed by atoms with Gasteiger partial charge in [0.15, 0.2) is 0 Å². The quantitative estimate of drug-likeness (QED) is 0.547. The fourth-order valence-electron chi connectivity index (χ4n) is 0.655. The monoisotopic (exact) mass is 426 g/mol. The van der Waals surface area contributed by atoms with Crippen LogP contribution in [0.5, 0.6) is 0 Å². The van der Waals surface area contributed by atoms with Crippen LogP contribution in [0.1, 0.15) is 26.7 Å². The molecular weight excluding hydrogens is 416 g/mol. The molecule has 4 heteroatoms. The van der Waals surface area contributed by atoms with Crippen molar-refractivity contribution in [3.63, 3.8) is 0 Å². The highest BCUT2D eigenvalue weighted by molar-refractivity contribution is 9.12. The Bertz CT molecular complexity index is 115. The van der Waals surface area contributed by atoms with E-state index in [4.69, 9.17) is 0 Å². The van der Waals surface area contributed by atoms with Gasteiger partial charge in [0.2, 0.25) is 0 Å². The molecular formula is C8H14Br4. The summed E-state index contributed by atoms with van der Waals surface area (Å²) >= 11 is 14.3. The number of hydrogen-bond acceptors (Lipinski definition) is 0. The predicted octanol–water partition coefficient (Wildman–Crippen LogP) is 4.86. The Balaban J connectivity index is 3.82. The summed E-state index contributed by atoms with van der Waals surface area (Å²) in [6, 6.07) is 0. The van der Waals surface area contributed by atoms with Crippen molar-refractivity contribution in [2.24, 2.45) is 0 Å². The van der Waals surface area contributed by atoms with Gasteiger partial charge in [-0.05, 0) is 26.7 Å². The zero-order valence-corrected chi connectivity index (χ0v) is 13.7. The molecule has 0 saturated heterocycles. The van der Waals surface area contributed by atoms with Crippen LogP contribution in [-0.2, 0) is 0 Å². The molecule has 0 aliphatic heterocycles. The van der Waals surface area contributed by atoms with Crippen LogP contribution in [-0.4, -0.2) is 19.3 Å². The molecule has 0 saturated carbocycles. The first kappa shape index (κ1) is 13.9. The Labute approximate surface area is 109 Å². The molecule has 0 radical (unpaired) electrons. The largest absolute Gasteiger partial charge is 0.0913 e. The summed E-state index contributed by atoms with van der Waals surface area (Å²) < 4.78 is 0.453. The predicted molar refractivity (Wildman–Crippen MR) is 71.5 cm³/mol. The van der Waals surface area contributed by atoms with Crippen LogP contribution in [0.2, 0.25) is 0 Å². The Hall–Kier alpha value is 1.92. The summed E-state index contributed by atoms with van der Waals surface area (Å²) in [5.74, 6) is 0. The molecule has 0 aromatic carbocycles. The maximum atomic E-state index is 3.68. The first-order valence-corrected chi connectivity index (χ1v) is 7.66. The summed E-state index contributed by atoms with van der Waals surface area (Å²) in [6.07, 6.45) is 2.32. The molecule has 12 heavy (non-hydrogen) atoms. The van der Waals surface area contributed by atoms with Crippen molar-refractivity contribution < 1.29 is 0 Å². The van der Waals surface area contributed by atoms with E-state index in [0.29, 0.717) is 0 Å². The third-order valence-electron chi connectivity index (χ3n) is 1.72. The minimum atomic E-state index is 0.226. The molecule has 0 aromatic heterocycles. The average Bonchev–Trinajstić information content (AvgIpc) is 2.02. The van der Waals surface area contributed by atoms with E-state index in [9.17, 15) is 0 Å². The fraction of sp³-hybridized carbons (Fsp3) is 1.00. The lowest BCUT2D eigenvalue weighted by molar-refractivity contribution is 0.559. The van der Waals surface area contributed by atoms with Crippen molar-refractivity contribution in [2.75, 3.05) is 10.7 Å². The van der Waals surface area contributed by atoms with Crippen molar-refractivity contribution in [2.45, 2.75) is 35.3 Å². The number of rotatable bonds is 5. The first-order valence-electron chi connectivity index (χ1n) is 3.83. The van der Waals surface area contributed by atoms with Crippen molar-refractivity contribution >= 4 is 63.7 Å². The van der Waals surface area contributed by atoms with E-state index < -0.39 is 0 Å². The van der Waals surface area contributed by atoms with E-state index in [2.05, 4.69) is 77.6 Å². The highest BCUT2D eigenvalue weighted by atomic mass is 79.9. The lowest BCUT2D eigenvalue weighted by Gasteiger charge is -2.25. The molecule has 0 fully saturated rings. The second-order valence-corrected chi connectivity index (χ2v) is 8.54. The van der Waals surface area contributed by atoms with Gasteiger partial charge in [-0.15, -0.1) is 0 Å². The number of hydrogen-bond donors (Lipinski definition) is 0. The van der Waals surface area contributed by atoms with Gasteiger partial charge in [0.05, 0.1) is 0 Å². The van der Waals surface area contributed by atoms with Gasteiger partial charge in [-0.25, -0.2) is 0 Å². The number of halogens is 4. The van der Waals surface area contributed by atoms with Crippen LogP contribution < -0.4 is 0 Å². The van der Waals surface area contributed by atoms with Crippen molar-refractivity contribution in [3.8, 4) is 0 Å². The van der Waals surface area contributed by atoms with Gasteiger partial charge in [-0.1, -0.05) is 63.7 Å². The molecule has 0 bridgehead atoms. The second kappa shape index (κ2) is 5.72. The van der Waals surface area contributed by atoms with E-state index in [-0.39, 0.29) is 8.65 Å². The normalized spacial score (nSPS) is 21.5. The third kappa shape index (κ3) is 6.39. The van der Waals surface area contributed by atoms with Crippen LogP contribution >= 0.6 is 63.7 Å². The smallest absolute Gasteiger partial charge is 0.0327 e. The summed E-state index contributed by atoms with van der Waals surface area (Å²) in [4.78, 5) is 0. The van der Waals surface area contributed by atoms with Crippen LogP contribution in [0, 0.1) is 0 Å². The second-order valence-electron chi connectivity index (χ2n) is 3.59. The van der Waals surface area contributed by atoms with Crippen molar-refractivity contribution in [3.05, 3.63) is 0 Å². The molecule has 0 N–H and O–H groups in total. The topological polar surface area (TPSA) is 0 Å². The average molecular weight is 430 g/mol. The molecule has 0 aliphatic rings. The van der Waals surface area contributed by atoms with Crippen molar-refractivity contribution in [1.82, 2.24) is 0 Å². The Morgan fingerprint density at radius 3 is 1.25 bits per heavy atom. The maximum Gasteiger partial charge on any atom is 0.0327 e. The van der Waals surface area contributed by atoms with Crippen LogP contribution in [0.4, 0.5) is 0 Å². The maximum absolute atomic E-state index is 3.68. The molecule has 0 nitrogen and oxygen atoms in total. The van der Waals surface area contributed by atoms with E-state index in [1.165, 1.54) is 0 Å². The Kier molecular flexibility index (Phi) is 6.63. The van der Waals surface area contributed by atoms with Gasteiger partial charge in [-0.3, -0.25) is 0 Å². The summed E-state index contributed by atoms with van der Waals surface area (Å²) in [5, 5.41) is 1.98. The molecule has 74 valence electrons. The van der Waals surface area contributed by atoms with Crippen LogP contribution in [0.25, 0.3) is 0 Å². The molecule has 0 spiro atoms. The molecule has 0 aromatic rings. The molecule has 0 rings (SSSR count). The van der Waals surface area contributed by atoms with Crippen LogP contribution in [0.15, 0.2) is 0 Å². The third-order valence-corrected chi connectivity index (χ3v) is 7.06. The van der Waals surface area contributed by atoms with E-state index in [0.717, 1.165) is 23.5 Å². The Morgan fingerprint density at radius 1 is 0.833 bits per heavy atom. The zero-order valence-electron chi connectivity index (χ0n) is 7.34. The van der Waals surface area contributed by atoms with Gasteiger partial charge < -0.3 is 0 Å². The molecule has 2 atom stereocenters. The van der Waals surface area contributed by atoms with E-state index in [1.54, 1.807) is 0 Å². The molecule has 0 heterocycles. The van der Waals surface area contributed by atoms with E-state index >= 15 is 0 Å². The minimum absolute atomic E-state index is 0.226. The summed E-state index contributed by atoms with van der Waals surface area (Å²) in [5.41, 5.74) is 0. The van der Waals surface area contributed by atoms with Gasteiger partial charge in [0.25, 0.3) is 0 Å². The van der Waals surface area contributed by atoms with Gasteiger partial charge in [0.1, 0.15) is 0 Å². The fourth-order valence-corrected chi connectivity index (χ4v) is 1.61. The number of alkyl halides is 4. The lowest BCUT2D eigenvalue weighted by atomic mass is 10.0. The highest BCUT2D eigenvalue weighted by Crippen LogP contribution is 2.33. The Morgan fingerprint density at radius 2 is 1.08 bits per heavy atom. The zero-order chi connectivity index (χ0) is 9.83.